The van der Waals surface area contributed by atoms with E-state index in [0.717, 1.165) is 31.2 Å². The molecule has 1 aliphatic carbocycles. The van der Waals surface area contributed by atoms with Crippen molar-refractivity contribution in [2.45, 2.75) is 37.7 Å². The number of nitrogens with zero attached hydrogens (tertiary/aromatic N) is 2. The zero-order chi connectivity index (χ0) is 13.0. The summed E-state index contributed by atoms with van der Waals surface area (Å²) in [5, 5.41) is 10.3. The number of likely N-dealkylation sites (N-methyl/N-ethyl adjacent to an activating group) is 1. The summed E-state index contributed by atoms with van der Waals surface area (Å²) in [5.41, 5.74) is 0.243. The van der Waals surface area contributed by atoms with Gasteiger partial charge in [-0.05, 0) is 24.5 Å². The lowest BCUT2D eigenvalue weighted by atomic mass is 10.0. The minimum absolute atomic E-state index is 0.0309. The Morgan fingerprint density at radius 2 is 2.22 bits per heavy atom. The van der Waals surface area contributed by atoms with Crippen molar-refractivity contribution < 1.29 is 9.90 Å². The predicted octanol–water partition coefficient (Wildman–Crippen LogP) is 1.39. The number of carbonyl (C=O) groups is 1. The molecule has 1 aromatic heterocycles. The zero-order valence-corrected chi connectivity index (χ0v) is 10.8. The molecule has 1 amide bonds. The highest BCUT2D eigenvalue weighted by Crippen LogP contribution is 2.29. The minimum atomic E-state index is -0.667. The van der Waals surface area contributed by atoms with E-state index in [1.165, 1.54) is 0 Å². The largest absolute Gasteiger partial charge is 0.388 e. The molecule has 1 aromatic rings. The monoisotopic (exact) mass is 248 g/mol. The topological polar surface area (TPSA) is 53.4 Å². The first-order chi connectivity index (χ1) is 8.59. The predicted molar refractivity (Wildman–Crippen MR) is 69.0 cm³/mol. The third kappa shape index (κ3) is 3.29. The molecule has 1 fully saturated rings. The van der Waals surface area contributed by atoms with Crippen molar-refractivity contribution in [2.24, 2.45) is 0 Å². The Morgan fingerprint density at radius 1 is 1.50 bits per heavy atom. The maximum Gasteiger partial charge on any atom is 0.226 e. The molecular formula is C14H20N2O2. The van der Waals surface area contributed by atoms with Crippen molar-refractivity contribution in [2.75, 3.05) is 13.6 Å². The van der Waals surface area contributed by atoms with Crippen LogP contribution in [0.2, 0.25) is 0 Å². The lowest BCUT2D eigenvalue weighted by molar-refractivity contribution is -0.132. The molecule has 0 radical (unpaired) electrons. The SMILES string of the molecule is CN(CC1(O)CCCC1)C(=O)Cc1cccnc1. The Morgan fingerprint density at radius 3 is 2.83 bits per heavy atom. The van der Waals surface area contributed by atoms with E-state index in [9.17, 15) is 9.90 Å². The first kappa shape index (κ1) is 13.0. The molecule has 0 saturated heterocycles. The van der Waals surface area contributed by atoms with Gasteiger partial charge in [-0.3, -0.25) is 9.78 Å². The van der Waals surface area contributed by atoms with Crippen LogP contribution in [0.25, 0.3) is 0 Å². The van der Waals surface area contributed by atoms with Crippen LogP contribution in [0.1, 0.15) is 31.2 Å². The van der Waals surface area contributed by atoms with Gasteiger partial charge in [-0.15, -0.1) is 0 Å². The fourth-order valence-corrected chi connectivity index (χ4v) is 2.53. The van der Waals surface area contributed by atoms with Crippen molar-refractivity contribution >= 4 is 5.91 Å². The molecule has 98 valence electrons. The number of amides is 1. The van der Waals surface area contributed by atoms with Gasteiger partial charge < -0.3 is 10.0 Å². The molecule has 0 spiro atoms. The maximum atomic E-state index is 12.0. The van der Waals surface area contributed by atoms with Gasteiger partial charge in [0.15, 0.2) is 0 Å². The smallest absolute Gasteiger partial charge is 0.226 e. The molecule has 4 heteroatoms. The van der Waals surface area contributed by atoms with E-state index in [-0.39, 0.29) is 5.91 Å². The number of aromatic nitrogens is 1. The second-order valence-electron chi connectivity index (χ2n) is 5.22. The van der Waals surface area contributed by atoms with Gasteiger partial charge in [0.25, 0.3) is 0 Å². The number of rotatable bonds is 4. The van der Waals surface area contributed by atoms with E-state index in [1.807, 2.05) is 12.1 Å². The second-order valence-corrected chi connectivity index (χ2v) is 5.22. The Kier molecular flexibility index (Phi) is 3.97. The van der Waals surface area contributed by atoms with Gasteiger partial charge in [0.1, 0.15) is 0 Å². The molecule has 0 aliphatic heterocycles. The molecule has 4 nitrogen and oxygen atoms in total. The molecule has 1 heterocycles. The van der Waals surface area contributed by atoms with Gasteiger partial charge in [0.05, 0.1) is 12.0 Å². The van der Waals surface area contributed by atoms with Crippen LogP contribution >= 0.6 is 0 Å². The Balaban J connectivity index is 1.89. The van der Waals surface area contributed by atoms with Crippen LogP contribution in [0.5, 0.6) is 0 Å². The van der Waals surface area contributed by atoms with Gasteiger partial charge in [-0.2, -0.15) is 0 Å². The van der Waals surface area contributed by atoms with Crippen molar-refractivity contribution in [3.63, 3.8) is 0 Å². The van der Waals surface area contributed by atoms with Gasteiger partial charge >= 0.3 is 0 Å². The fourth-order valence-electron chi connectivity index (χ4n) is 2.53. The van der Waals surface area contributed by atoms with Gasteiger partial charge in [-0.1, -0.05) is 18.9 Å². The first-order valence-corrected chi connectivity index (χ1v) is 6.44. The lowest BCUT2D eigenvalue weighted by Crippen LogP contribution is -2.42. The summed E-state index contributed by atoms with van der Waals surface area (Å²) >= 11 is 0. The average molecular weight is 248 g/mol. The van der Waals surface area contributed by atoms with Crippen LogP contribution in [0.15, 0.2) is 24.5 Å². The van der Waals surface area contributed by atoms with Crippen LogP contribution < -0.4 is 0 Å². The summed E-state index contributed by atoms with van der Waals surface area (Å²) in [6.07, 6.45) is 7.46. The number of aliphatic hydroxyl groups is 1. The van der Waals surface area contributed by atoms with Crippen LogP contribution in [0.4, 0.5) is 0 Å². The van der Waals surface area contributed by atoms with Gasteiger partial charge in [-0.25, -0.2) is 0 Å². The fraction of sp³-hybridized carbons (Fsp3) is 0.571. The van der Waals surface area contributed by atoms with Crippen LogP contribution in [-0.2, 0) is 11.2 Å². The summed E-state index contributed by atoms with van der Waals surface area (Å²) in [6.45, 7) is 0.437. The number of carbonyl (C=O) groups excluding carboxylic acids is 1. The van der Waals surface area contributed by atoms with Gasteiger partial charge in [0.2, 0.25) is 5.91 Å². The second kappa shape index (κ2) is 5.48. The summed E-state index contributed by atoms with van der Waals surface area (Å²) < 4.78 is 0. The summed E-state index contributed by atoms with van der Waals surface area (Å²) in [6, 6.07) is 3.72. The number of hydrogen-bond acceptors (Lipinski definition) is 3. The maximum absolute atomic E-state index is 12.0. The summed E-state index contributed by atoms with van der Waals surface area (Å²) in [5.74, 6) is 0.0309. The van der Waals surface area contributed by atoms with Crippen LogP contribution in [0, 0.1) is 0 Å². The van der Waals surface area contributed by atoms with Crippen molar-refractivity contribution in [3.8, 4) is 0 Å². The molecule has 0 unspecified atom stereocenters. The standard InChI is InChI=1S/C14H20N2O2/c1-16(11-14(18)6-2-3-7-14)13(17)9-12-5-4-8-15-10-12/h4-5,8,10,18H,2-3,6-7,9,11H2,1H3. The average Bonchev–Trinajstić information content (AvgIpc) is 2.77. The van der Waals surface area contributed by atoms with E-state index in [0.29, 0.717) is 13.0 Å². The zero-order valence-electron chi connectivity index (χ0n) is 10.8. The van der Waals surface area contributed by atoms with Gasteiger partial charge in [0, 0.05) is 26.0 Å². The molecule has 2 rings (SSSR count). The Labute approximate surface area is 108 Å². The van der Waals surface area contributed by atoms with Crippen molar-refractivity contribution in [3.05, 3.63) is 30.1 Å². The molecule has 18 heavy (non-hydrogen) atoms. The molecule has 0 atom stereocenters. The van der Waals surface area contributed by atoms with E-state index in [4.69, 9.17) is 0 Å². The normalized spacial score (nSPS) is 17.7. The molecule has 0 bridgehead atoms. The highest BCUT2D eigenvalue weighted by molar-refractivity contribution is 5.78. The molecule has 1 aliphatic rings. The third-order valence-corrected chi connectivity index (χ3v) is 3.57. The summed E-state index contributed by atoms with van der Waals surface area (Å²) in [4.78, 5) is 17.7. The van der Waals surface area contributed by atoms with E-state index >= 15 is 0 Å². The molecule has 0 aromatic carbocycles. The number of hydrogen-bond donors (Lipinski definition) is 1. The van der Waals surface area contributed by atoms with Crippen molar-refractivity contribution in [1.29, 1.82) is 0 Å². The Hall–Kier alpha value is -1.42. The lowest BCUT2D eigenvalue weighted by Gasteiger charge is -2.28. The Bertz CT molecular complexity index is 400. The van der Waals surface area contributed by atoms with Crippen LogP contribution in [-0.4, -0.2) is 40.1 Å². The number of pyridine rings is 1. The summed E-state index contributed by atoms with van der Waals surface area (Å²) in [7, 11) is 1.76. The van der Waals surface area contributed by atoms with E-state index in [2.05, 4.69) is 4.98 Å². The molecule has 1 saturated carbocycles. The van der Waals surface area contributed by atoms with Crippen LogP contribution in [0.3, 0.4) is 0 Å². The highest BCUT2D eigenvalue weighted by atomic mass is 16.3. The van der Waals surface area contributed by atoms with Crippen molar-refractivity contribution in [1.82, 2.24) is 9.88 Å². The minimum Gasteiger partial charge on any atom is -0.388 e. The third-order valence-electron chi connectivity index (χ3n) is 3.57. The van der Waals surface area contributed by atoms with E-state index in [1.54, 1.807) is 24.3 Å². The first-order valence-electron chi connectivity index (χ1n) is 6.44. The molecular weight excluding hydrogens is 228 g/mol. The highest BCUT2D eigenvalue weighted by Gasteiger charge is 2.33. The molecule has 1 N–H and O–H groups in total. The van der Waals surface area contributed by atoms with E-state index < -0.39 is 5.60 Å². The quantitative estimate of drug-likeness (QED) is 0.876.